The van der Waals surface area contributed by atoms with Crippen molar-refractivity contribution >= 4 is 12.1 Å². The fraction of sp³-hybridized carbons (Fsp3) is 0.222. The number of carbonyl (C=O) groups is 1. The first kappa shape index (κ1) is 16.5. The van der Waals surface area contributed by atoms with E-state index < -0.39 is 6.10 Å². The molecule has 1 amide bonds. The Morgan fingerprint density at radius 2 is 1.87 bits per heavy atom. The first-order valence-corrected chi connectivity index (χ1v) is 7.31. The second kappa shape index (κ2) is 7.45. The fourth-order valence-corrected chi connectivity index (χ4v) is 2.11. The molecule has 0 aliphatic carbocycles. The molecule has 23 heavy (non-hydrogen) atoms. The molecule has 1 atom stereocenters. The van der Waals surface area contributed by atoms with Gasteiger partial charge in [-0.15, -0.1) is 0 Å². The fourth-order valence-electron chi connectivity index (χ4n) is 2.11. The summed E-state index contributed by atoms with van der Waals surface area (Å²) in [4.78, 5) is 12.0. The number of nitrogens with zero attached hydrogens (tertiary/aromatic N) is 1. The van der Waals surface area contributed by atoms with Gasteiger partial charge < -0.3 is 9.84 Å². The monoisotopic (exact) mass is 312 g/mol. The van der Waals surface area contributed by atoms with Crippen molar-refractivity contribution < 1.29 is 14.6 Å². The summed E-state index contributed by atoms with van der Waals surface area (Å²) in [5, 5.41) is 13.4. The molecule has 2 aromatic rings. The maximum absolute atomic E-state index is 12.0. The minimum absolute atomic E-state index is 0.102. The van der Waals surface area contributed by atoms with Crippen LogP contribution in [-0.2, 0) is 4.79 Å². The Morgan fingerprint density at radius 1 is 1.22 bits per heavy atom. The maximum Gasteiger partial charge on any atom is 0.280 e. The summed E-state index contributed by atoms with van der Waals surface area (Å²) in [6, 6.07) is 12.5. The van der Waals surface area contributed by atoms with Crippen LogP contribution < -0.4 is 10.2 Å². The average molecular weight is 312 g/mol. The van der Waals surface area contributed by atoms with Crippen LogP contribution in [0.1, 0.15) is 23.6 Å². The molecular weight excluding hydrogens is 292 g/mol. The zero-order valence-electron chi connectivity index (χ0n) is 13.4. The van der Waals surface area contributed by atoms with Crippen LogP contribution >= 0.6 is 0 Å². The number of benzene rings is 2. The van der Waals surface area contributed by atoms with Crippen LogP contribution in [0, 0.1) is 13.8 Å². The van der Waals surface area contributed by atoms with E-state index in [4.69, 9.17) is 4.74 Å². The third-order valence-corrected chi connectivity index (χ3v) is 3.19. The molecule has 0 saturated carbocycles. The lowest BCUT2D eigenvalue weighted by molar-refractivity contribution is -0.127. The van der Waals surface area contributed by atoms with E-state index in [1.165, 1.54) is 6.21 Å². The third-order valence-electron chi connectivity index (χ3n) is 3.19. The highest BCUT2D eigenvalue weighted by Gasteiger charge is 2.14. The molecule has 5 nitrogen and oxygen atoms in total. The highest BCUT2D eigenvalue weighted by Crippen LogP contribution is 2.17. The molecular formula is C18H20N2O3. The van der Waals surface area contributed by atoms with Crippen LogP contribution in [0.15, 0.2) is 47.6 Å². The highest BCUT2D eigenvalue weighted by atomic mass is 16.5. The number of phenolic OH excluding ortho intramolecular Hbond substituents is 1. The van der Waals surface area contributed by atoms with Gasteiger partial charge in [-0.2, -0.15) is 5.10 Å². The summed E-state index contributed by atoms with van der Waals surface area (Å²) in [5.74, 6) is 0.385. The number of hydrogen-bond donors (Lipinski definition) is 2. The molecule has 0 unspecified atom stereocenters. The highest BCUT2D eigenvalue weighted by molar-refractivity contribution is 5.86. The first-order valence-electron chi connectivity index (χ1n) is 7.31. The van der Waals surface area contributed by atoms with Crippen molar-refractivity contribution in [2.75, 3.05) is 0 Å². The number of para-hydroxylation sites is 1. The molecule has 0 saturated heterocycles. The Hall–Kier alpha value is -2.82. The van der Waals surface area contributed by atoms with Gasteiger partial charge in [0.25, 0.3) is 5.91 Å². The molecule has 2 N–H and O–H groups in total. The van der Waals surface area contributed by atoms with E-state index in [9.17, 15) is 9.90 Å². The number of aromatic hydroxyl groups is 1. The summed E-state index contributed by atoms with van der Waals surface area (Å²) in [6.45, 7) is 5.60. The topological polar surface area (TPSA) is 70.9 Å². The first-order chi connectivity index (χ1) is 11.0. The van der Waals surface area contributed by atoms with Crippen LogP contribution in [0.4, 0.5) is 0 Å². The molecule has 0 fully saturated rings. The molecule has 0 aliphatic rings. The quantitative estimate of drug-likeness (QED) is 0.659. The van der Waals surface area contributed by atoms with Gasteiger partial charge in [0.2, 0.25) is 0 Å². The van der Waals surface area contributed by atoms with Crippen molar-refractivity contribution in [2.24, 2.45) is 5.10 Å². The van der Waals surface area contributed by atoms with Gasteiger partial charge in [-0.05, 0) is 56.2 Å². The lowest BCUT2D eigenvalue weighted by atomic mass is 10.1. The van der Waals surface area contributed by atoms with Crippen molar-refractivity contribution in [1.29, 1.82) is 0 Å². The van der Waals surface area contributed by atoms with Crippen LogP contribution in [0.25, 0.3) is 0 Å². The molecule has 0 radical (unpaired) electrons. The Morgan fingerprint density at radius 3 is 2.52 bits per heavy atom. The molecule has 0 aliphatic heterocycles. The normalized spacial score (nSPS) is 12.1. The number of hydrogen-bond acceptors (Lipinski definition) is 4. The van der Waals surface area contributed by atoms with Crippen LogP contribution in [0.3, 0.4) is 0 Å². The van der Waals surface area contributed by atoms with Crippen molar-refractivity contribution in [2.45, 2.75) is 26.9 Å². The maximum atomic E-state index is 12.0. The van der Waals surface area contributed by atoms with Gasteiger partial charge in [0.05, 0.1) is 6.21 Å². The van der Waals surface area contributed by atoms with Crippen molar-refractivity contribution in [3.8, 4) is 11.5 Å². The van der Waals surface area contributed by atoms with E-state index in [0.717, 1.165) is 11.1 Å². The predicted molar refractivity (Wildman–Crippen MR) is 89.8 cm³/mol. The summed E-state index contributed by atoms with van der Waals surface area (Å²) >= 11 is 0. The van der Waals surface area contributed by atoms with Crippen molar-refractivity contribution in [3.05, 3.63) is 59.2 Å². The Kier molecular flexibility index (Phi) is 5.36. The number of ether oxygens (including phenoxy) is 1. The van der Waals surface area contributed by atoms with Gasteiger partial charge in [0, 0.05) is 5.56 Å². The predicted octanol–water partition coefficient (Wildman–Crippen LogP) is 2.93. The number of aryl methyl sites for hydroxylation is 2. The molecule has 0 bridgehead atoms. The Bertz CT molecular complexity index is 706. The molecule has 5 heteroatoms. The van der Waals surface area contributed by atoms with Crippen molar-refractivity contribution in [3.63, 3.8) is 0 Å². The molecule has 0 heterocycles. The molecule has 120 valence electrons. The smallest absolute Gasteiger partial charge is 0.280 e. The summed E-state index contributed by atoms with van der Waals surface area (Å²) in [7, 11) is 0. The molecule has 0 aromatic heterocycles. The zero-order chi connectivity index (χ0) is 16.8. The molecule has 2 aromatic carbocycles. The Balaban J connectivity index is 1.93. The molecule has 2 rings (SSSR count). The number of amides is 1. The van der Waals surface area contributed by atoms with Gasteiger partial charge >= 0.3 is 0 Å². The Labute approximate surface area is 135 Å². The van der Waals surface area contributed by atoms with Gasteiger partial charge in [-0.3, -0.25) is 4.79 Å². The van der Waals surface area contributed by atoms with Crippen molar-refractivity contribution in [1.82, 2.24) is 5.43 Å². The van der Waals surface area contributed by atoms with Gasteiger partial charge in [-0.25, -0.2) is 5.43 Å². The SMILES string of the molecule is Cc1cc(C)cc(O[C@H](C)C(=O)N/N=C\c2ccccc2O)c1. The number of hydrazone groups is 1. The lowest BCUT2D eigenvalue weighted by Crippen LogP contribution is -2.33. The van der Waals surface area contributed by atoms with E-state index >= 15 is 0 Å². The number of rotatable bonds is 5. The molecule has 0 spiro atoms. The summed E-state index contributed by atoms with van der Waals surface area (Å²) in [6.07, 6.45) is 0.703. The summed E-state index contributed by atoms with van der Waals surface area (Å²) < 4.78 is 5.63. The van der Waals surface area contributed by atoms with E-state index in [2.05, 4.69) is 10.5 Å². The van der Waals surface area contributed by atoms with E-state index in [0.29, 0.717) is 11.3 Å². The summed E-state index contributed by atoms with van der Waals surface area (Å²) in [5.41, 5.74) is 5.07. The van der Waals surface area contributed by atoms with E-state index in [1.807, 2.05) is 32.0 Å². The second-order valence-electron chi connectivity index (χ2n) is 5.38. The van der Waals surface area contributed by atoms with E-state index in [-0.39, 0.29) is 11.7 Å². The van der Waals surface area contributed by atoms with Gasteiger partial charge in [0.15, 0.2) is 6.10 Å². The number of carbonyl (C=O) groups excluding carboxylic acids is 1. The minimum Gasteiger partial charge on any atom is -0.507 e. The lowest BCUT2D eigenvalue weighted by Gasteiger charge is -2.14. The van der Waals surface area contributed by atoms with Crippen LogP contribution in [0.5, 0.6) is 11.5 Å². The third kappa shape index (κ3) is 4.85. The number of phenols is 1. The largest absolute Gasteiger partial charge is 0.507 e. The minimum atomic E-state index is -0.683. The van der Waals surface area contributed by atoms with Crippen LogP contribution in [-0.4, -0.2) is 23.3 Å². The van der Waals surface area contributed by atoms with Gasteiger partial charge in [-0.1, -0.05) is 18.2 Å². The standard InChI is InChI=1S/C18H20N2O3/c1-12-8-13(2)10-16(9-12)23-14(3)18(22)20-19-11-15-6-4-5-7-17(15)21/h4-11,14,21H,1-3H3,(H,20,22)/b19-11-/t14-/m1/s1. The average Bonchev–Trinajstić information content (AvgIpc) is 2.48. The zero-order valence-corrected chi connectivity index (χ0v) is 13.4. The van der Waals surface area contributed by atoms with Gasteiger partial charge in [0.1, 0.15) is 11.5 Å². The van der Waals surface area contributed by atoms with Crippen LogP contribution in [0.2, 0.25) is 0 Å². The van der Waals surface area contributed by atoms with E-state index in [1.54, 1.807) is 31.2 Å². The second-order valence-corrected chi connectivity index (χ2v) is 5.38. The number of nitrogens with one attached hydrogen (secondary N) is 1.